The first-order chi connectivity index (χ1) is 13.0. The van der Waals surface area contributed by atoms with E-state index in [1.165, 1.54) is 12.1 Å². The van der Waals surface area contributed by atoms with Gasteiger partial charge >= 0.3 is 0 Å². The quantitative estimate of drug-likeness (QED) is 0.902. The van der Waals surface area contributed by atoms with Gasteiger partial charge in [0, 0.05) is 24.6 Å². The molecule has 1 fully saturated rings. The van der Waals surface area contributed by atoms with E-state index < -0.39 is 11.7 Å². The Morgan fingerprint density at radius 3 is 2.70 bits per heavy atom. The number of benzene rings is 2. The van der Waals surface area contributed by atoms with Crippen molar-refractivity contribution in [3.05, 3.63) is 59.4 Å². The number of hydrogen-bond donors (Lipinski definition) is 1. The van der Waals surface area contributed by atoms with Crippen LogP contribution in [0.15, 0.2) is 42.5 Å². The highest BCUT2D eigenvalue weighted by Gasteiger charge is 2.28. The van der Waals surface area contributed by atoms with Gasteiger partial charge in [-0.1, -0.05) is 18.2 Å². The summed E-state index contributed by atoms with van der Waals surface area (Å²) in [6.45, 7) is 0.593. The van der Waals surface area contributed by atoms with Crippen molar-refractivity contribution in [1.29, 1.82) is 5.26 Å². The smallest absolute Gasteiger partial charge is 0.254 e. The fourth-order valence-corrected chi connectivity index (χ4v) is 3.50. The first-order valence-electron chi connectivity index (χ1n) is 8.89. The van der Waals surface area contributed by atoms with Crippen molar-refractivity contribution in [1.82, 2.24) is 4.90 Å². The lowest BCUT2D eigenvalue weighted by Crippen LogP contribution is -2.45. The van der Waals surface area contributed by atoms with Gasteiger partial charge in [0.05, 0.1) is 5.56 Å². The van der Waals surface area contributed by atoms with E-state index in [0.717, 1.165) is 24.8 Å². The number of likely N-dealkylation sites (tertiary alicyclic amines) is 1. The number of primary amides is 1. The van der Waals surface area contributed by atoms with Crippen molar-refractivity contribution in [2.24, 2.45) is 5.73 Å². The fourth-order valence-electron chi connectivity index (χ4n) is 3.50. The molecule has 0 spiro atoms. The predicted octanol–water partition coefficient (Wildman–Crippen LogP) is 3.23. The van der Waals surface area contributed by atoms with E-state index in [4.69, 9.17) is 11.0 Å². The van der Waals surface area contributed by atoms with E-state index >= 15 is 0 Å². The maximum atomic E-state index is 13.6. The van der Waals surface area contributed by atoms with Crippen LogP contribution >= 0.6 is 0 Å². The Morgan fingerprint density at radius 2 is 1.96 bits per heavy atom. The maximum absolute atomic E-state index is 13.6. The second-order valence-corrected chi connectivity index (χ2v) is 6.71. The molecule has 5 nitrogen and oxygen atoms in total. The van der Waals surface area contributed by atoms with Crippen molar-refractivity contribution in [3.8, 4) is 17.2 Å². The van der Waals surface area contributed by atoms with E-state index in [2.05, 4.69) is 0 Å². The average molecular weight is 365 g/mol. The number of nitrogens with zero attached hydrogens (tertiary/aromatic N) is 2. The van der Waals surface area contributed by atoms with E-state index in [9.17, 15) is 14.0 Å². The summed E-state index contributed by atoms with van der Waals surface area (Å²) >= 11 is 0. The molecule has 1 heterocycles. The Hall–Kier alpha value is -3.20. The molecule has 2 N–H and O–H groups in total. The SMILES string of the molecule is N#Cc1cc(-c2cccc(C(=O)N3CCCC[C@H]3CC(N)=O)c2)ccc1F. The molecular weight excluding hydrogens is 345 g/mol. The zero-order valence-electron chi connectivity index (χ0n) is 14.8. The molecule has 1 aliphatic heterocycles. The summed E-state index contributed by atoms with van der Waals surface area (Å²) in [7, 11) is 0. The molecule has 0 bridgehead atoms. The molecule has 2 amide bonds. The third-order valence-electron chi connectivity index (χ3n) is 4.85. The number of carbonyl (C=O) groups excluding carboxylic acids is 2. The lowest BCUT2D eigenvalue weighted by atomic mass is 9.96. The molecule has 0 unspecified atom stereocenters. The molecule has 1 atom stereocenters. The minimum Gasteiger partial charge on any atom is -0.370 e. The zero-order chi connectivity index (χ0) is 19.4. The van der Waals surface area contributed by atoms with Crippen LogP contribution in [0.3, 0.4) is 0 Å². The first-order valence-corrected chi connectivity index (χ1v) is 8.89. The topological polar surface area (TPSA) is 87.2 Å². The van der Waals surface area contributed by atoms with Crippen LogP contribution in [0.25, 0.3) is 11.1 Å². The number of halogens is 1. The number of rotatable bonds is 4. The average Bonchev–Trinajstić information content (AvgIpc) is 2.68. The predicted molar refractivity (Wildman–Crippen MR) is 99.0 cm³/mol. The summed E-state index contributed by atoms with van der Waals surface area (Å²) in [5, 5.41) is 9.02. The van der Waals surface area contributed by atoms with Gasteiger partial charge < -0.3 is 10.6 Å². The molecular formula is C21H20FN3O2. The van der Waals surface area contributed by atoms with Crippen LogP contribution < -0.4 is 5.73 Å². The highest BCUT2D eigenvalue weighted by atomic mass is 19.1. The van der Waals surface area contributed by atoms with Crippen LogP contribution in [0.2, 0.25) is 0 Å². The van der Waals surface area contributed by atoms with Crippen LogP contribution in [0.5, 0.6) is 0 Å². The van der Waals surface area contributed by atoms with Crippen molar-refractivity contribution in [3.63, 3.8) is 0 Å². The third kappa shape index (κ3) is 4.14. The summed E-state index contributed by atoms with van der Waals surface area (Å²) in [5.74, 6) is -1.13. The molecule has 0 radical (unpaired) electrons. The summed E-state index contributed by atoms with van der Waals surface area (Å²) in [5.41, 5.74) is 7.17. The number of nitrogens with two attached hydrogens (primary N) is 1. The lowest BCUT2D eigenvalue weighted by Gasteiger charge is -2.35. The number of carbonyl (C=O) groups is 2. The largest absolute Gasteiger partial charge is 0.370 e. The molecule has 0 saturated carbocycles. The number of hydrogen-bond acceptors (Lipinski definition) is 3. The maximum Gasteiger partial charge on any atom is 0.254 e. The third-order valence-corrected chi connectivity index (χ3v) is 4.85. The Labute approximate surface area is 157 Å². The normalized spacial score (nSPS) is 16.6. The van der Waals surface area contributed by atoms with Crippen molar-refractivity contribution >= 4 is 11.8 Å². The second-order valence-electron chi connectivity index (χ2n) is 6.71. The molecule has 6 heteroatoms. The molecule has 27 heavy (non-hydrogen) atoms. The van der Waals surface area contributed by atoms with Crippen molar-refractivity contribution < 1.29 is 14.0 Å². The molecule has 3 rings (SSSR count). The van der Waals surface area contributed by atoms with Crippen molar-refractivity contribution in [2.75, 3.05) is 6.54 Å². The Balaban J connectivity index is 1.89. The molecule has 2 aromatic carbocycles. The Morgan fingerprint density at radius 1 is 1.19 bits per heavy atom. The van der Waals surface area contributed by atoms with Gasteiger partial charge in [0.1, 0.15) is 11.9 Å². The van der Waals surface area contributed by atoms with Gasteiger partial charge in [0.2, 0.25) is 5.91 Å². The van der Waals surface area contributed by atoms with E-state index in [0.29, 0.717) is 17.7 Å². The van der Waals surface area contributed by atoms with Gasteiger partial charge in [-0.05, 0) is 54.7 Å². The minimum absolute atomic E-state index is 0.0400. The number of nitriles is 1. The summed E-state index contributed by atoms with van der Waals surface area (Å²) in [4.78, 5) is 26.1. The van der Waals surface area contributed by atoms with Crippen LogP contribution in [0.4, 0.5) is 4.39 Å². The molecule has 2 aromatic rings. The zero-order valence-corrected chi connectivity index (χ0v) is 14.8. The second kappa shape index (κ2) is 8.00. The monoisotopic (exact) mass is 365 g/mol. The van der Waals surface area contributed by atoms with Crippen LogP contribution in [-0.2, 0) is 4.79 Å². The minimum atomic E-state index is -0.573. The summed E-state index contributed by atoms with van der Waals surface area (Å²) in [6.07, 6.45) is 2.78. The molecule has 0 aliphatic carbocycles. The molecule has 0 aromatic heterocycles. The van der Waals surface area contributed by atoms with Crippen LogP contribution in [0.1, 0.15) is 41.6 Å². The number of amides is 2. The standard InChI is InChI=1S/C21H20FN3O2/c22-19-8-7-15(11-17(19)13-23)14-4-3-5-16(10-14)21(27)25-9-2-1-6-18(25)12-20(24)26/h3-5,7-8,10-11,18H,1-2,6,9,12H2,(H2,24,26)/t18-/m0/s1. The van der Waals surface area contributed by atoms with E-state index in [1.807, 2.05) is 12.1 Å². The first kappa shape index (κ1) is 18.6. The molecule has 1 saturated heterocycles. The van der Waals surface area contributed by atoms with Gasteiger partial charge in [0.15, 0.2) is 0 Å². The summed E-state index contributed by atoms with van der Waals surface area (Å²) < 4.78 is 13.6. The van der Waals surface area contributed by atoms with Gasteiger partial charge in [-0.15, -0.1) is 0 Å². The van der Waals surface area contributed by atoms with E-state index in [-0.39, 0.29) is 23.9 Å². The fraction of sp³-hybridized carbons (Fsp3) is 0.286. The Bertz CT molecular complexity index is 920. The van der Waals surface area contributed by atoms with Crippen LogP contribution in [-0.4, -0.2) is 29.3 Å². The lowest BCUT2D eigenvalue weighted by molar-refractivity contribution is -0.119. The van der Waals surface area contributed by atoms with Crippen LogP contribution in [0, 0.1) is 17.1 Å². The van der Waals surface area contributed by atoms with Crippen molar-refractivity contribution in [2.45, 2.75) is 31.7 Å². The number of piperidine rings is 1. The Kier molecular flexibility index (Phi) is 5.51. The van der Waals surface area contributed by atoms with E-state index in [1.54, 1.807) is 29.2 Å². The molecule has 1 aliphatic rings. The highest BCUT2D eigenvalue weighted by Crippen LogP contribution is 2.26. The van der Waals surface area contributed by atoms with Gasteiger partial charge in [-0.2, -0.15) is 5.26 Å². The summed E-state index contributed by atoms with van der Waals surface area (Å²) in [6, 6.07) is 13.0. The van der Waals surface area contributed by atoms with Gasteiger partial charge in [-0.25, -0.2) is 4.39 Å². The van der Waals surface area contributed by atoms with Gasteiger partial charge in [0.25, 0.3) is 5.91 Å². The highest BCUT2D eigenvalue weighted by molar-refractivity contribution is 5.96. The molecule has 138 valence electrons. The van der Waals surface area contributed by atoms with Gasteiger partial charge in [-0.3, -0.25) is 9.59 Å².